The van der Waals surface area contributed by atoms with Crippen LogP contribution in [0.25, 0.3) is 0 Å². The van der Waals surface area contributed by atoms with Crippen molar-refractivity contribution in [2.24, 2.45) is 17.6 Å². The van der Waals surface area contributed by atoms with Gasteiger partial charge in [-0.25, -0.2) is 0 Å². The normalized spacial score (nSPS) is 32.4. The molecule has 0 saturated carbocycles. The number of nitrogens with zero attached hydrogens (tertiary/aromatic N) is 2. The highest BCUT2D eigenvalue weighted by atomic mass is 16.4. The van der Waals surface area contributed by atoms with Crippen molar-refractivity contribution < 1.29 is 39.9 Å². The average molecular weight is 488 g/mol. The molecule has 4 rings (SSSR count). The number of benzene rings is 1. The van der Waals surface area contributed by atoms with E-state index in [0.29, 0.717) is 11.3 Å². The van der Waals surface area contributed by atoms with Crippen LogP contribution in [-0.4, -0.2) is 93.8 Å². The zero-order valence-corrected chi connectivity index (χ0v) is 20.0. The van der Waals surface area contributed by atoms with Crippen LogP contribution >= 0.6 is 0 Å². The van der Waals surface area contributed by atoms with Gasteiger partial charge in [0.25, 0.3) is 5.91 Å². The molecule has 1 aromatic rings. The largest absolute Gasteiger partial charge is 0.510 e. The van der Waals surface area contributed by atoms with E-state index < -0.39 is 75.6 Å². The Kier molecular flexibility index (Phi) is 5.51. The minimum atomic E-state index is -2.92. The number of amides is 1. The molecule has 3 aliphatic carbocycles. The van der Waals surface area contributed by atoms with Gasteiger partial charge in [-0.2, -0.15) is 0 Å². The third-order valence-corrected chi connectivity index (χ3v) is 7.57. The molecule has 0 bridgehead atoms. The standard InChI is InChI=1S/C24H29N3O8/c1-8-11-9(26(2)3)6-7-10(28)13(11)18(29)14-12(8)19(30)16-17(27(4)5)20(31)15(23(25)34)22(33)24(16,35)21(14)32/h6-8,12,16-17,19,28,30-32,35H,1-5H3,(H2,25,34)/t8-,12+,16+,17-,19-,24-/m0/s1. The number of nitrogens with two attached hydrogens (primary N) is 1. The summed E-state index contributed by atoms with van der Waals surface area (Å²) < 4.78 is 0. The van der Waals surface area contributed by atoms with E-state index in [1.54, 1.807) is 32.0 Å². The molecule has 0 fully saturated rings. The van der Waals surface area contributed by atoms with Gasteiger partial charge in [0.05, 0.1) is 23.6 Å². The maximum Gasteiger partial charge on any atom is 0.255 e. The number of phenols is 1. The minimum Gasteiger partial charge on any atom is -0.510 e. The number of carbonyl (C=O) groups is 3. The Hall–Kier alpha value is -3.41. The monoisotopic (exact) mass is 487 g/mol. The fraction of sp³-hybridized carbons (Fsp3) is 0.458. The van der Waals surface area contributed by atoms with E-state index in [9.17, 15) is 39.9 Å². The van der Waals surface area contributed by atoms with Crippen LogP contribution in [0.1, 0.15) is 28.8 Å². The Balaban J connectivity index is 2.08. The van der Waals surface area contributed by atoms with Crippen molar-refractivity contribution in [2.45, 2.75) is 30.6 Å². The van der Waals surface area contributed by atoms with Gasteiger partial charge >= 0.3 is 0 Å². The number of carbonyl (C=O) groups excluding carboxylic acids is 3. The summed E-state index contributed by atoms with van der Waals surface area (Å²) in [6.45, 7) is 1.70. The van der Waals surface area contributed by atoms with Crippen LogP contribution in [0.15, 0.2) is 34.8 Å². The molecule has 35 heavy (non-hydrogen) atoms. The van der Waals surface area contributed by atoms with E-state index in [0.717, 1.165) is 0 Å². The molecule has 7 N–H and O–H groups in total. The van der Waals surface area contributed by atoms with Crippen LogP contribution in [0.4, 0.5) is 5.69 Å². The summed E-state index contributed by atoms with van der Waals surface area (Å²) in [5, 5.41) is 56.0. The number of primary amides is 1. The molecule has 0 heterocycles. The van der Waals surface area contributed by atoms with Crippen molar-refractivity contribution in [1.82, 2.24) is 4.90 Å². The summed E-state index contributed by atoms with van der Waals surface area (Å²) in [6, 6.07) is 1.66. The van der Waals surface area contributed by atoms with Gasteiger partial charge in [0.1, 0.15) is 22.8 Å². The summed E-state index contributed by atoms with van der Waals surface area (Å²) in [4.78, 5) is 42.2. The van der Waals surface area contributed by atoms with Gasteiger partial charge in [-0.3, -0.25) is 19.3 Å². The number of aliphatic hydroxyl groups is 4. The van der Waals surface area contributed by atoms with Crippen molar-refractivity contribution >= 4 is 23.2 Å². The zero-order valence-electron chi connectivity index (χ0n) is 20.0. The highest BCUT2D eigenvalue weighted by Crippen LogP contribution is 2.56. The first-order chi connectivity index (χ1) is 16.2. The first kappa shape index (κ1) is 24.7. The number of aliphatic hydroxyl groups excluding tert-OH is 3. The van der Waals surface area contributed by atoms with Crippen LogP contribution in [0.3, 0.4) is 0 Å². The molecule has 3 aliphatic rings. The number of hydrogen-bond donors (Lipinski definition) is 6. The quantitative estimate of drug-likeness (QED) is 0.310. The smallest absolute Gasteiger partial charge is 0.255 e. The number of likely N-dealkylation sites (N-methyl/N-ethyl adjacent to an activating group) is 1. The zero-order chi connectivity index (χ0) is 26.3. The molecule has 0 saturated heterocycles. The predicted molar refractivity (Wildman–Crippen MR) is 124 cm³/mol. The molecular formula is C24H29N3O8. The predicted octanol–water partition coefficient (Wildman–Crippen LogP) is -0.282. The Labute approximate surface area is 201 Å². The number of ketones is 2. The minimum absolute atomic E-state index is 0.114. The lowest BCUT2D eigenvalue weighted by atomic mass is 9.55. The van der Waals surface area contributed by atoms with Gasteiger partial charge in [0.15, 0.2) is 11.4 Å². The molecule has 0 aliphatic heterocycles. The highest BCUT2D eigenvalue weighted by Gasteiger charge is 2.67. The second-order valence-electron chi connectivity index (χ2n) is 9.84. The molecule has 0 aromatic heterocycles. The maximum absolute atomic E-state index is 13.7. The molecule has 0 unspecified atom stereocenters. The highest BCUT2D eigenvalue weighted by molar-refractivity contribution is 6.25. The lowest BCUT2D eigenvalue weighted by Gasteiger charge is -2.53. The van der Waals surface area contributed by atoms with Crippen LogP contribution in [0.5, 0.6) is 5.75 Å². The van der Waals surface area contributed by atoms with Crippen molar-refractivity contribution in [3.8, 4) is 5.75 Å². The molecule has 188 valence electrons. The van der Waals surface area contributed by atoms with Crippen LogP contribution < -0.4 is 10.6 Å². The van der Waals surface area contributed by atoms with Gasteiger partial charge < -0.3 is 36.2 Å². The Bertz CT molecular complexity index is 1230. The number of hydrogen-bond acceptors (Lipinski definition) is 10. The molecule has 11 heteroatoms. The summed E-state index contributed by atoms with van der Waals surface area (Å²) >= 11 is 0. The second kappa shape index (κ2) is 7.80. The number of aromatic hydroxyl groups is 1. The van der Waals surface area contributed by atoms with Gasteiger partial charge in [-0.15, -0.1) is 0 Å². The maximum atomic E-state index is 13.7. The molecule has 1 amide bonds. The third-order valence-electron chi connectivity index (χ3n) is 7.57. The topological polar surface area (TPSA) is 185 Å². The van der Waals surface area contributed by atoms with Crippen molar-refractivity contribution in [2.75, 3.05) is 33.1 Å². The second-order valence-corrected chi connectivity index (χ2v) is 9.84. The lowest BCUT2D eigenvalue weighted by Crippen LogP contribution is -2.68. The molecular weight excluding hydrogens is 458 g/mol. The van der Waals surface area contributed by atoms with E-state index >= 15 is 0 Å². The Morgan fingerprint density at radius 2 is 1.69 bits per heavy atom. The number of Topliss-reactive ketones (excluding diaryl/α,β-unsaturated/α-hetero) is 2. The number of phenolic OH excluding ortho intramolecular Hbond substituents is 1. The van der Waals surface area contributed by atoms with Crippen LogP contribution in [0, 0.1) is 11.8 Å². The fourth-order valence-electron chi connectivity index (χ4n) is 6.07. The molecule has 6 atom stereocenters. The van der Waals surface area contributed by atoms with Crippen molar-refractivity contribution in [1.29, 1.82) is 0 Å². The fourth-order valence-corrected chi connectivity index (χ4v) is 6.07. The van der Waals surface area contributed by atoms with Gasteiger partial charge in [0.2, 0.25) is 5.78 Å². The summed E-state index contributed by atoms with van der Waals surface area (Å²) in [7, 11) is 6.48. The van der Waals surface area contributed by atoms with E-state index in [-0.39, 0.29) is 11.3 Å². The summed E-state index contributed by atoms with van der Waals surface area (Å²) in [5.41, 5.74) is 1.96. The van der Waals surface area contributed by atoms with Crippen LogP contribution in [-0.2, 0) is 9.59 Å². The van der Waals surface area contributed by atoms with E-state index in [1.807, 2.05) is 0 Å². The molecule has 0 spiro atoms. The van der Waals surface area contributed by atoms with E-state index in [4.69, 9.17) is 5.73 Å². The number of fused-ring (bicyclic) bond motifs is 3. The van der Waals surface area contributed by atoms with Crippen molar-refractivity contribution in [3.63, 3.8) is 0 Å². The average Bonchev–Trinajstić information content (AvgIpc) is 2.75. The number of rotatable bonds is 3. The number of anilines is 1. The van der Waals surface area contributed by atoms with E-state index in [1.165, 1.54) is 25.1 Å². The third kappa shape index (κ3) is 2.98. The van der Waals surface area contributed by atoms with Gasteiger partial charge in [-0.05, 0) is 37.7 Å². The van der Waals surface area contributed by atoms with Crippen molar-refractivity contribution in [3.05, 3.63) is 45.9 Å². The van der Waals surface area contributed by atoms with Crippen LogP contribution in [0.2, 0.25) is 0 Å². The molecule has 0 radical (unpaired) electrons. The SMILES string of the molecule is C[C@H]1c2c(N(C)C)ccc(O)c2C(=O)C2=C(O)[C@]3(O)C(=O)C(C(N)=O)=C(O)[C@@H](N(C)C)[C@@H]3[C@@H](O)[C@@H]21. The molecule has 11 nitrogen and oxygen atoms in total. The summed E-state index contributed by atoms with van der Waals surface area (Å²) in [5.74, 6) is -9.03. The van der Waals surface area contributed by atoms with Gasteiger partial charge in [-0.1, -0.05) is 6.92 Å². The summed E-state index contributed by atoms with van der Waals surface area (Å²) in [6.07, 6.45) is -1.62. The Morgan fingerprint density at radius 1 is 1.09 bits per heavy atom. The van der Waals surface area contributed by atoms with E-state index in [2.05, 4.69) is 0 Å². The first-order valence-electron chi connectivity index (χ1n) is 11.1. The first-order valence-corrected chi connectivity index (χ1v) is 11.1. The lowest BCUT2D eigenvalue weighted by molar-refractivity contribution is -0.162. The Morgan fingerprint density at radius 3 is 2.20 bits per heavy atom. The van der Waals surface area contributed by atoms with Gasteiger partial charge in [0, 0.05) is 31.3 Å². The molecule has 1 aromatic carbocycles.